The molecule has 1 heterocycles. The van der Waals surface area contributed by atoms with Crippen LogP contribution in [-0.2, 0) is 0 Å². The monoisotopic (exact) mass is 266 g/mol. The Hall–Kier alpha value is -0.340. The molecule has 1 rings (SSSR count). The standard InChI is InChI=1S/C17H34N2/c1-8-11-12-15-14(6)19(15)16(18-10-3)17(7,9-2)13(4)5/h14-16,18H,4,8-12H2,1-3,5-7H3. The summed E-state index contributed by atoms with van der Waals surface area (Å²) in [4.78, 5) is 2.68. The molecule has 0 bridgehead atoms. The number of hydrogen-bond donors (Lipinski definition) is 1. The molecular formula is C17H34N2. The Labute approximate surface area is 120 Å². The van der Waals surface area contributed by atoms with Crippen LogP contribution in [0.4, 0.5) is 0 Å². The van der Waals surface area contributed by atoms with Crippen LogP contribution in [0.3, 0.4) is 0 Å². The zero-order chi connectivity index (χ0) is 14.6. The molecule has 1 saturated heterocycles. The van der Waals surface area contributed by atoms with E-state index in [4.69, 9.17) is 0 Å². The van der Waals surface area contributed by atoms with Gasteiger partial charge < -0.3 is 5.32 Å². The quantitative estimate of drug-likeness (QED) is 0.497. The largest absolute Gasteiger partial charge is 0.301 e. The summed E-state index contributed by atoms with van der Waals surface area (Å²) >= 11 is 0. The Bertz CT molecular complexity index is 300. The van der Waals surface area contributed by atoms with Gasteiger partial charge in [0, 0.05) is 17.5 Å². The fraction of sp³-hybridized carbons (Fsp3) is 0.882. The molecular weight excluding hydrogens is 232 g/mol. The van der Waals surface area contributed by atoms with Crippen molar-refractivity contribution in [2.75, 3.05) is 6.54 Å². The molecule has 0 spiro atoms. The number of rotatable bonds is 9. The molecule has 1 fully saturated rings. The molecule has 0 aromatic heterocycles. The average Bonchev–Trinajstić information content (AvgIpc) is 3.02. The highest BCUT2D eigenvalue weighted by molar-refractivity contribution is 5.15. The molecule has 0 saturated carbocycles. The highest BCUT2D eigenvalue weighted by atomic mass is 15.4. The second kappa shape index (κ2) is 6.90. The van der Waals surface area contributed by atoms with Gasteiger partial charge in [0.25, 0.3) is 0 Å². The molecule has 2 heteroatoms. The Kier molecular flexibility index (Phi) is 6.07. The van der Waals surface area contributed by atoms with Crippen molar-refractivity contribution in [2.45, 2.75) is 85.5 Å². The number of hydrogen-bond acceptors (Lipinski definition) is 2. The zero-order valence-corrected chi connectivity index (χ0v) is 13.9. The van der Waals surface area contributed by atoms with E-state index in [1.54, 1.807) is 0 Å². The van der Waals surface area contributed by atoms with E-state index < -0.39 is 0 Å². The minimum Gasteiger partial charge on any atom is -0.301 e. The molecule has 1 aliphatic heterocycles. The van der Waals surface area contributed by atoms with Crippen molar-refractivity contribution in [1.29, 1.82) is 0 Å². The molecule has 5 unspecified atom stereocenters. The van der Waals surface area contributed by atoms with E-state index in [1.165, 1.54) is 24.8 Å². The fourth-order valence-corrected chi connectivity index (χ4v) is 3.25. The lowest BCUT2D eigenvalue weighted by Gasteiger charge is -2.40. The van der Waals surface area contributed by atoms with Gasteiger partial charge in [-0.15, -0.1) is 0 Å². The van der Waals surface area contributed by atoms with Gasteiger partial charge >= 0.3 is 0 Å². The maximum atomic E-state index is 4.26. The highest BCUT2D eigenvalue weighted by Gasteiger charge is 2.52. The van der Waals surface area contributed by atoms with Crippen molar-refractivity contribution in [3.63, 3.8) is 0 Å². The normalized spacial score (nSPS) is 30.7. The number of nitrogens with zero attached hydrogens (tertiary/aromatic N) is 1. The Balaban J connectivity index is 2.81. The molecule has 1 N–H and O–H groups in total. The van der Waals surface area contributed by atoms with Gasteiger partial charge in [-0.05, 0) is 33.2 Å². The molecule has 0 aliphatic carbocycles. The fourth-order valence-electron chi connectivity index (χ4n) is 3.25. The van der Waals surface area contributed by atoms with Gasteiger partial charge in [0.15, 0.2) is 0 Å². The number of unbranched alkanes of at least 4 members (excludes halogenated alkanes) is 1. The highest BCUT2D eigenvalue weighted by Crippen LogP contribution is 2.44. The first-order valence-corrected chi connectivity index (χ1v) is 8.10. The van der Waals surface area contributed by atoms with E-state index in [9.17, 15) is 0 Å². The van der Waals surface area contributed by atoms with E-state index >= 15 is 0 Å². The smallest absolute Gasteiger partial charge is 0.0696 e. The van der Waals surface area contributed by atoms with E-state index in [1.807, 2.05) is 0 Å². The summed E-state index contributed by atoms with van der Waals surface area (Å²) in [5.74, 6) is 0. The lowest BCUT2D eigenvalue weighted by atomic mass is 9.77. The van der Waals surface area contributed by atoms with Gasteiger partial charge in [-0.3, -0.25) is 4.90 Å². The SMILES string of the molecule is C=C(C)C(C)(CC)C(NCC)N1C(C)C1CCCC. The molecule has 0 aromatic rings. The van der Waals surface area contributed by atoms with Crippen LogP contribution >= 0.6 is 0 Å². The van der Waals surface area contributed by atoms with Crippen LogP contribution in [-0.4, -0.2) is 29.7 Å². The minimum absolute atomic E-state index is 0.172. The van der Waals surface area contributed by atoms with Crippen molar-refractivity contribution >= 4 is 0 Å². The maximum Gasteiger partial charge on any atom is 0.0696 e. The topological polar surface area (TPSA) is 15.0 Å². The van der Waals surface area contributed by atoms with Crippen LogP contribution in [0.1, 0.15) is 67.2 Å². The lowest BCUT2D eigenvalue weighted by Crippen LogP contribution is -2.50. The third kappa shape index (κ3) is 3.41. The molecule has 1 aliphatic rings. The van der Waals surface area contributed by atoms with Crippen molar-refractivity contribution in [1.82, 2.24) is 10.2 Å². The van der Waals surface area contributed by atoms with Crippen LogP contribution in [0.5, 0.6) is 0 Å². The lowest BCUT2D eigenvalue weighted by molar-refractivity contribution is 0.143. The van der Waals surface area contributed by atoms with Gasteiger partial charge in [-0.2, -0.15) is 0 Å². The summed E-state index contributed by atoms with van der Waals surface area (Å²) in [6, 6.07) is 1.50. The molecule has 2 nitrogen and oxygen atoms in total. The predicted octanol–water partition coefficient (Wildman–Crippen LogP) is 4.18. The minimum atomic E-state index is 0.172. The molecule has 0 amide bonds. The Morgan fingerprint density at radius 1 is 1.37 bits per heavy atom. The molecule has 19 heavy (non-hydrogen) atoms. The summed E-state index contributed by atoms with van der Waals surface area (Å²) in [6.07, 6.45) is 5.57. The molecule has 0 radical (unpaired) electrons. The van der Waals surface area contributed by atoms with Crippen molar-refractivity contribution in [3.05, 3.63) is 12.2 Å². The molecule has 112 valence electrons. The first-order chi connectivity index (χ1) is 8.93. The second-order valence-corrected chi connectivity index (χ2v) is 6.41. The Morgan fingerprint density at radius 3 is 2.42 bits per heavy atom. The van der Waals surface area contributed by atoms with Crippen molar-refractivity contribution in [2.24, 2.45) is 5.41 Å². The van der Waals surface area contributed by atoms with Gasteiger partial charge in [0.2, 0.25) is 0 Å². The summed E-state index contributed by atoms with van der Waals surface area (Å²) in [6.45, 7) is 19.0. The zero-order valence-electron chi connectivity index (χ0n) is 13.9. The van der Waals surface area contributed by atoms with E-state index in [0.29, 0.717) is 6.17 Å². The van der Waals surface area contributed by atoms with Gasteiger partial charge in [0.05, 0.1) is 6.17 Å². The van der Waals surface area contributed by atoms with Crippen LogP contribution in [0.25, 0.3) is 0 Å². The first kappa shape index (κ1) is 16.7. The van der Waals surface area contributed by atoms with Crippen LogP contribution in [0.2, 0.25) is 0 Å². The third-order valence-corrected chi connectivity index (χ3v) is 5.18. The summed E-state index contributed by atoms with van der Waals surface area (Å²) in [5.41, 5.74) is 1.47. The van der Waals surface area contributed by atoms with Gasteiger partial charge in [-0.25, -0.2) is 0 Å². The van der Waals surface area contributed by atoms with Crippen molar-refractivity contribution in [3.8, 4) is 0 Å². The molecule has 0 aromatic carbocycles. The van der Waals surface area contributed by atoms with Crippen LogP contribution < -0.4 is 5.32 Å². The van der Waals surface area contributed by atoms with Gasteiger partial charge in [-0.1, -0.05) is 52.7 Å². The third-order valence-electron chi connectivity index (χ3n) is 5.18. The van der Waals surface area contributed by atoms with E-state index in [-0.39, 0.29) is 5.41 Å². The Morgan fingerprint density at radius 2 is 2.00 bits per heavy atom. The first-order valence-electron chi connectivity index (χ1n) is 8.10. The second-order valence-electron chi connectivity index (χ2n) is 6.41. The average molecular weight is 266 g/mol. The summed E-state index contributed by atoms with van der Waals surface area (Å²) in [5, 5.41) is 3.72. The number of nitrogens with one attached hydrogen (secondary N) is 1. The van der Waals surface area contributed by atoms with Gasteiger partial charge in [0.1, 0.15) is 0 Å². The maximum absolute atomic E-state index is 4.26. The van der Waals surface area contributed by atoms with Crippen molar-refractivity contribution < 1.29 is 0 Å². The summed E-state index contributed by atoms with van der Waals surface area (Å²) in [7, 11) is 0. The van der Waals surface area contributed by atoms with Crippen LogP contribution in [0.15, 0.2) is 12.2 Å². The van der Waals surface area contributed by atoms with Crippen LogP contribution in [0, 0.1) is 5.41 Å². The summed E-state index contributed by atoms with van der Waals surface area (Å²) < 4.78 is 0. The van der Waals surface area contributed by atoms with E-state index in [2.05, 4.69) is 58.3 Å². The predicted molar refractivity (Wildman–Crippen MR) is 85.3 cm³/mol. The molecule has 5 atom stereocenters. The van der Waals surface area contributed by atoms with E-state index in [0.717, 1.165) is 25.0 Å².